The van der Waals surface area contributed by atoms with Gasteiger partial charge in [0.05, 0.1) is 17.1 Å². The molecule has 3 aromatic rings. The average molecular weight is 449 g/mol. The fourth-order valence-corrected chi connectivity index (χ4v) is 4.39. The highest BCUT2D eigenvalue weighted by Gasteiger charge is 2.34. The summed E-state index contributed by atoms with van der Waals surface area (Å²) in [6, 6.07) is 9.95. The minimum atomic E-state index is -0.367. The quantitative estimate of drug-likeness (QED) is 0.601. The Balaban J connectivity index is 1.53. The first-order valence-electron chi connectivity index (χ1n) is 11.4. The summed E-state index contributed by atoms with van der Waals surface area (Å²) in [4.78, 5) is 34.2. The summed E-state index contributed by atoms with van der Waals surface area (Å²) in [6.07, 6.45) is 1.14. The lowest BCUT2D eigenvalue weighted by Gasteiger charge is -2.18. The van der Waals surface area contributed by atoms with Crippen molar-refractivity contribution in [2.24, 2.45) is 5.92 Å². The number of aromatic nitrogens is 3. The highest BCUT2D eigenvalue weighted by Crippen LogP contribution is 2.25. The van der Waals surface area contributed by atoms with Crippen molar-refractivity contribution in [1.29, 1.82) is 0 Å². The molecule has 1 fully saturated rings. The molecule has 1 unspecified atom stereocenters. The van der Waals surface area contributed by atoms with Gasteiger partial charge >= 0.3 is 0 Å². The van der Waals surface area contributed by atoms with Crippen LogP contribution in [0.2, 0.25) is 0 Å². The topological polar surface area (TPSA) is 83.4 Å². The van der Waals surface area contributed by atoms with Crippen LogP contribution in [0.5, 0.6) is 0 Å². The van der Waals surface area contributed by atoms with Crippen molar-refractivity contribution in [3.63, 3.8) is 0 Å². The van der Waals surface area contributed by atoms with Crippen LogP contribution in [0, 0.1) is 26.7 Å². The number of amides is 2. The number of nitrogens with zero attached hydrogens (tertiary/aromatic N) is 5. The maximum absolute atomic E-state index is 13.1. The second-order valence-corrected chi connectivity index (χ2v) is 9.24. The van der Waals surface area contributed by atoms with Gasteiger partial charge < -0.3 is 15.1 Å². The molecule has 1 N–H and O–H groups in total. The number of rotatable bonds is 7. The molecule has 8 heteroatoms. The number of hydrogen-bond acceptors (Lipinski definition) is 5. The van der Waals surface area contributed by atoms with Gasteiger partial charge in [-0.25, -0.2) is 4.98 Å². The largest absolute Gasteiger partial charge is 0.342 e. The molecule has 33 heavy (non-hydrogen) atoms. The summed E-state index contributed by atoms with van der Waals surface area (Å²) in [5.74, 6) is 0.740. The molecule has 4 rings (SSSR count). The van der Waals surface area contributed by atoms with Crippen LogP contribution in [0.1, 0.15) is 29.7 Å². The zero-order chi connectivity index (χ0) is 23.7. The lowest BCUT2D eigenvalue weighted by molar-refractivity contribution is -0.128. The molecule has 0 spiro atoms. The van der Waals surface area contributed by atoms with Crippen LogP contribution in [0.3, 0.4) is 0 Å². The van der Waals surface area contributed by atoms with E-state index in [9.17, 15) is 9.59 Å². The number of carbonyl (C=O) groups excluding carboxylic acids is 2. The molecule has 1 aliphatic heterocycles. The number of likely N-dealkylation sites (tertiary alicyclic amines) is 1. The van der Waals surface area contributed by atoms with Crippen molar-refractivity contribution in [2.45, 2.75) is 33.6 Å². The molecule has 1 aromatic carbocycles. The molecule has 0 radical (unpaired) electrons. The summed E-state index contributed by atoms with van der Waals surface area (Å²) in [6.45, 7) is 8.02. The van der Waals surface area contributed by atoms with Crippen molar-refractivity contribution in [3.8, 4) is 5.82 Å². The van der Waals surface area contributed by atoms with Crippen LogP contribution in [0.4, 0.5) is 5.82 Å². The van der Waals surface area contributed by atoms with Gasteiger partial charge in [-0.15, -0.1) is 0 Å². The fraction of sp³-hybridized carbons (Fsp3) is 0.440. The molecule has 174 valence electrons. The van der Waals surface area contributed by atoms with Gasteiger partial charge in [0.1, 0.15) is 5.82 Å². The first-order chi connectivity index (χ1) is 15.7. The van der Waals surface area contributed by atoms with E-state index < -0.39 is 0 Å². The third-order valence-corrected chi connectivity index (χ3v) is 6.15. The minimum absolute atomic E-state index is 0.0425. The Labute approximate surface area is 194 Å². The Hall–Kier alpha value is -3.26. The maximum atomic E-state index is 13.1. The van der Waals surface area contributed by atoms with Crippen LogP contribution in [0.25, 0.3) is 16.7 Å². The number of pyridine rings is 1. The van der Waals surface area contributed by atoms with Gasteiger partial charge in [-0.1, -0.05) is 18.2 Å². The zero-order valence-electron chi connectivity index (χ0n) is 20.1. The lowest BCUT2D eigenvalue weighted by Crippen LogP contribution is -2.30. The van der Waals surface area contributed by atoms with Crippen molar-refractivity contribution >= 4 is 28.5 Å². The Bertz CT molecular complexity index is 1200. The van der Waals surface area contributed by atoms with E-state index in [-0.39, 0.29) is 24.2 Å². The number of hydrogen-bond donors (Lipinski definition) is 1. The predicted octanol–water partition coefficient (Wildman–Crippen LogP) is 3.08. The summed E-state index contributed by atoms with van der Waals surface area (Å²) < 4.78 is 1.68. The first kappa shape index (κ1) is 22.9. The number of carbonyl (C=O) groups is 2. The predicted molar refractivity (Wildman–Crippen MR) is 130 cm³/mol. The van der Waals surface area contributed by atoms with E-state index in [1.807, 2.05) is 52.2 Å². The van der Waals surface area contributed by atoms with E-state index in [2.05, 4.69) is 28.3 Å². The van der Waals surface area contributed by atoms with Crippen molar-refractivity contribution < 1.29 is 9.59 Å². The van der Waals surface area contributed by atoms with Crippen LogP contribution < -0.4 is 5.32 Å². The number of aryl methyl sites for hydroxylation is 3. The highest BCUT2D eigenvalue weighted by atomic mass is 16.2. The minimum Gasteiger partial charge on any atom is -0.342 e. The SMILES string of the molecule is Cc1cc(NC(=O)C2CC(=O)N(CCCN(C)C)C2)n(-c2cc(C)c3cccc(C)c3n2)n1. The van der Waals surface area contributed by atoms with Gasteiger partial charge in [0.15, 0.2) is 5.82 Å². The van der Waals surface area contributed by atoms with Crippen LogP contribution in [-0.2, 0) is 9.59 Å². The second kappa shape index (κ2) is 9.31. The van der Waals surface area contributed by atoms with Gasteiger partial charge in [-0.05, 0) is 65.0 Å². The van der Waals surface area contributed by atoms with Gasteiger partial charge in [0, 0.05) is 31.0 Å². The van der Waals surface area contributed by atoms with Crippen LogP contribution in [-0.4, -0.2) is 70.1 Å². The third kappa shape index (κ3) is 4.90. The Morgan fingerprint density at radius 2 is 1.97 bits per heavy atom. The third-order valence-electron chi connectivity index (χ3n) is 6.15. The number of para-hydroxylation sites is 1. The summed E-state index contributed by atoms with van der Waals surface area (Å²) in [5.41, 5.74) is 3.89. The molecule has 1 atom stereocenters. The standard InChI is InChI=1S/C25H32N6O2/c1-16-8-6-9-20-17(2)12-21(26-24(16)20)31-22(13-18(3)28-31)27-25(33)19-14-23(32)30(15-19)11-7-10-29(4)5/h6,8-9,12-13,19H,7,10-11,14-15H2,1-5H3,(H,27,33). The van der Waals surface area contributed by atoms with Gasteiger partial charge in [0.25, 0.3) is 0 Å². The highest BCUT2D eigenvalue weighted by molar-refractivity contribution is 5.97. The van der Waals surface area contributed by atoms with Gasteiger partial charge in [-0.2, -0.15) is 9.78 Å². The molecular formula is C25H32N6O2. The summed E-state index contributed by atoms with van der Waals surface area (Å²) >= 11 is 0. The summed E-state index contributed by atoms with van der Waals surface area (Å²) in [7, 11) is 4.03. The van der Waals surface area contributed by atoms with Crippen molar-refractivity contribution in [2.75, 3.05) is 39.0 Å². The lowest BCUT2D eigenvalue weighted by atomic mass is 10.1. The summed E-state index contributed by atoms with van der Waals surface area (Å²) in [5, 5.41) is 8.69. The zero-order valence-corrected chi connectivity index (χ0v) is 20.1. The van der Waals surface area contributed by atoms with Gasteiger partial charge in [0.2, 0.25) is 11.8 Å². The number of nitrogens with one attached hydrogen (secondary N) is 1. The molecule has 1 saturated heterocycles. The fourth-order valence-electron chi connectivity index (χ4n) is 4.39. The first-order valence-corrected chi connectivity index (χ1v) is 11.4. The molecule has 1 aliphatic rings. The normalized spacial score (nSPS) is 16.2. The van der Waals surface area contributed by atoms with E-state index in [0.717, 1.165) is 40.7 Å². The molecule has 0 aliphatic carbocycles. The Morgan fingerprint density at radius 1 is 1.18 bits per heavy atom. The van der Waals surface area contributed by atoms with Crippen LogP contribution >= 0.6 is 0 Å². The van der Waals surface area contributed by atoms with E-state index >= 15 is 0 Å². The van der Waals surface area contributed by atoms with E-state index in [1.165, 1.54) is 0 Å². The average Bonchev–Trinajstić information content (AvgIpc) is 3.30. The van der Waals surface area contributed by atoms with E-state index in [4.69, 9.17) is 4.98 Å². The maximum Gasteiger partial charge on any atom is 0.230 e. The van der Waals surface area contributed by atoms with E-state index in [1.54, 1.807) is 9.58 Å². The monoisotopic (exact) mass is 448 g/mol. The molecule has 8 nitrogen and oxygen atoms in total. The van der Waals surface area contributed by atoms with Crippen molar-refractivity contribution in [3.05, 3.63) is 47.2 Å². The molecule has 2 amide bonds. The van der Waals surface area contributed by atoms with Crippen LogP contribution in [0.15, 0.2) is 30.3 Å². The molecule has 0 saturated carbocycles. The number of anilines is 1. The molecule has 2 aromatic heterocycles. The Morgan fingerprint density at radius 3 is 2.73 bits per heavy atom. The van der Waals surface area contributed by atoms with E-state index in [0.29, 0.717) is 24.7 Å². The van der Waals surface area contributed by atoms with Crippen molar-refractivity contribution in [1.82, 2.24) is 24.6 Å². The number of benzene rings is 1. The second-order valence-electron chi connectivity index (χ2n) is 9.24. The number of fused-ring (bicyclic) bond motifs is 1. The molecule has 0 bridgehead atoms. The molecule has 3 heterocycles. The Kier molecular flexibility index (Phi) is 6.47. The van der Waals surface area contributed by atoms with Gasteiger partial charge in [-0.3, -0.25) is 9.59 Å². The smallest absolute Gasteiger partial charge is 0.230 e. The molecular weight excluding hydrogens is 416 g/mol.